The number of nitrogens with zero attached hydrogens (tertiary/aromatic N) is 2. The number of nitrogens with one attached hydrogen (secondary N) is 1. The smallest absolute Gasteiger partial charge is 0.240 e. The Hall–Kier alpha value is -2.38. The van der Waals surface area contributed by atoms with Crippen LogP contribution in [0.4, 0.5) is 0 Å². The Bertz CT molecular complexity index is 928. The van der Waals surface area contributed by atoms with Crippen LogP contribution in [-0.4, -0.2) is 24.7 Å². The summed E-state index contributed by atoms with van der Waals surface area (Å²) in [7, 11) is -3.51. The molecule has 0 aliphatic heterocycles. The molecule has 6 nitrogen and oxygen atoms in total. The van der Waals surface area contributed by atoms with Crippen LogP contribution in [0.3, 0.4) is 0 Å². The summed E-state index contributed by atoms with van der Waals surface area (Å²) in [5.41, 5.74) is 3.89. The fraction of sp³-hybridized carbons (Fsp3) is 0.235. The van der Waals surface area contributed by atoms with Crippen LogP contribution in [0.25, 0.3) is 11.1 Å². The zero-order valence-electron chi connectivity index (χ0n) is 13.6. The number of furan rings is 1. The maximum atomic E-state index is 12.3. The lowest BCUT2D eigenvalue weighted by molar-refractivity contribution is 0.561. The highest BCUT2D eigenvalue weighted by Crippen LogP contribution is 2.18. The summed E-state index contributed by atoms with van der Waals surface area (Å²) in [5.74, 6) is 0. The number of aromatic nitrogens is 2. The van der Waals surface area contributed by atoms with Crippen LogP contribution in [0.1, 0.15) is 11.1 Å². The van der Waals surface area contributed by atoms with Crippen LogP contribution in [0.5, 0.6) is 0 Å². The van der Waals surface area contributed by atoms with Crippen molar-refractivity contribution in [3.8, 4) is 11.1 Å². The van der Waals surface area contributed by atoms with E-state index in [1.54, 1.807) is 35.5 Å². The Kier molecular flexibility index (Phi) is 4.55. The first-order chi connectivity index (χ1) is 11.5. The van der Waals surface area contributed by atoms with E-state index >= 15 is 0 Å². The lowest BCUT2D eigenvalue weighted by Crippen LogP contribution is -2.27. The van der Waals surface area contributed by atoms with Gasteiger partial charge in [0.1, 0.15) is 0 Å². The van der Waals surface area contributed by atoms with Crippen LogP contribution < -0.4 is 4.72 Å². The fourth-order valence-corrected chi connectivity index (χ4v) is 3.43. The van der Waals surface area contributed by atoms with Gasteiger partial charge in [-0.3, -0.25) is 4.68 Å². The summed E-state index contributed by atoms with van der Waals surface area (Å²) in [6, 6.07) is 6.97. The van der Waals surface area contributed by atoms with Crippen molar-refractivity contribution in [1.29, 1.82) is 0 Å². The Morgan fingerprint density at radius 1 is 1.17 bits per heavy atom. The third-order valence-electron chi connectivity index (χ3n) is 3.91. The summed E-state index contributed by atoms with van der Waals surface area (Å²) in [4.78, 5) is 0.283. The van der Waals surface area contributed by atoms with Crippen LogP contribution >= 0.6 is 0 Å². The van der Waals surface area contributed by atoms with Gasteiger partial charge in [-0.05, 0) is 43.2 Å². The van der Waals surface area contributed by atoms with Gasteiger partial charge in [-0.15, -0.1) is 0 Å². The number of hydrogen-bond donors (Lipinski definition) is 1. The Morgan fingerprint density at radius 3 is 2.71 bits per heavy atom. The average Bonchev–Trinajstić information content (AvgIpc) is 3.20. The first-order valence-electron chi connectivity index (χ1n) is 7.58. The molecule has 0 aliphatic carbocycles. The van der Waals surface area contributed by atoms with Gasteiger partial charge >= 0.3 is 0 Å². The molecule has 7 heteroatoms. The number of sulfonamides is 1. The molecule has 3 aromatic rings. The zero-order valence-corrected chi connectivity index (χ0v) is 14.4. The maximum absolute atomic E-state index is 12.3. The summed E-state index contributed by atoms with van der Waals surface area (Å²) in [6.07, 6.45) is 6.83. The molecule has 2 aromatic heterocycles. The van der Waals surface area contributed by atoms with Crippen LogP contribution in [-0.2, 0) is 16.6 Å². The number of benzene rings is 1. The van der Waals surface area contributed by atoms with E-state index in [2.05, 4.69) is 9.82 Å². The van der Waals surface area contributed by atoms with Gasteiger partial charge < -0.3 is 4.42 Å². The lowest BCUT2D eigenvalue weighted by Gasteiger charge is -2.08. The Morgan fingerprint density at radius 2 is 2.00 bits per heavy atom. The largest absolute Gasteiger partial charge is 0.472 e. The van der Waals surface area contributed by atoms with Crippen molar-refractivity contribution in [3.05, 3.63) is 60.3 Å². The molecule has 0 atom stereocenters. The molecule has 24 heavy (non-hydrogen) atoms. The van der Waals surface area contributed by atoms with E-state index < -0.39 is 10.0 Å². The third kappa shape index (κ3) is 3.58. The molecule has 0 aliphatic rings. The molecule has 3 rings (SSSR count). The minimum absolute atomic E-state index is 0.266. The minimum Gasteiger partial charge on any atom is -0.472 e. The molecule has 0 saturated carbocycles. The van der Waals surface area contributed by atoms with E-state index in [4.69, 9.17) is 4.42 Å². The molecule has 0 radical (unpaired) electrons. The van der Waals surface area contributed by atoms with Crippen molar-refractivity contribution >= 4 is 10.0 Å². The van der Waals surface area contributed by atoms with Crippen LogP contribution in [0.2, 0.25) is 0 Å². The van der Waals surface area contributed by atoms with Gasteiger partial charge in [0, 0.05) is 23.9 Å². The normalized spacial score (nSPS) is 11.8. The second-order valence-electron chi connectivity index (χ2n) is 5.65. The van der Waals surface area contributed by atoms with Crippen molar-refractivity contribution in [2.45, 2.75) is 25.3 Å². The number of aryl methyl sites for hydroxylation is 2. The first-order valence-corrected chi connectivity index (χ1v) is 9.06. The molecule has 0 bridgehead atoms. The van der Waals surface area contributed by atoms with Crippen molar-refractivity contribution in [3.63, 3.8) is 0 Å². The van der Waals surface area contributed by atoms with E-state index in [0.29, 0.717) is 6.54 Å². The summed E-state index contributed by atoms with van der Waals surface area (Å²) in [5, 5.41) is 4.23. The highest BCUT2D eigenvalue weighted by atomic mass is 32.2. The second-order valence-corrected chi connectivity index (χ2v) is 7.41. The maximum Gasteiger partial charge on any atom is 0.240 e. The minimum atomic E-state index is -3.51. The molecule has 1 aromatic carbocycles. The Balaban J connectivity index is 1.62. The van der Waals surface area contributed by atoms with Crippen LogP contribution in [0, 0.1) is 13.8 Å². The first kappa shape index (κ1) is 16.5. The highest BCUT2D eigenvalue weighted by molar-refractivity contribution is 7.89. The second kappa shape index (κ2) is 6.62. The van der Waals surface area contributed by atoms with E-state index in [-0.39, 0.29) is 11.4 Å². The molecule has 0 fully saturated rings. The summed E-state index contributed by atoms with van der Waals surface area (Å²) < 4.78 is 34.0. The third-order valence-corrected chi connectivity index (χ3v) is 5.37. The van der Waals surface area contributed by atoms with Gasteiger partial charge in [0.25, 0.3) is 0 Å². The SMILES string of the molecule is Cc1ccc(S(=O)(=O)NCCn2cc(-c3ccoc3)cn2)cc1C. The molecule has 0 saturated heterocycles. The topological polar surface area (TPSA) is 77.1 Å². The predicted octanol–water partition coefficient (Wildman–Crippen LogP) is 2.74. The average molecular weight is 345 g/mol. The van der Waals surface area contributed by atoms with Gasteiger partial charge in [0.15, 0.2) is 0 Å². The van der Waals surface area contributed by atoms with Crippen molar-refractivity contribution in [1.82, 2.24) is 14.5 Å². The predicted molar refractivity (Wildman–Crippen MR) is 91.0 cm³/mol. The van der Waals surface area contributed by atoms with Gasteiger partial charge in [0.2, 0.25) is 10.0 Å². The summed E-state index contributed by atoms with van der Waals surface area (Å²) >= 11 is 0. The van der Waals surface area contributed by atoms with Gasteiger partial charge in [0.05, 0.1) is 30.2 Å². The zero-order chi connectivity index (χ0) is 17.2. The number of rotatable bonds is 6. The van der Waals surface area contributed by atoms with Crippen LogP contribution in [0.15, 0.2) is 58.5 Å². The lowest BCUT2D eigenvalue weighted by atomic mass is 10.1. The van der Waals surface area contributed by atoms with Crippen molar-refractivity contribution in [2.75, 3.05) is 6.54 Å². The highest BCUT2D eigenvalue weighted by Gasteiger charge is 2.14. The number of hydrogen-bond acceptors (Lipinski definition) is 4. The van der Waals surface area contributed by atoms with E-state index in [9.17, 15) is 8.42 Å². The Labute approximate surface area is 141 Å². The molecular weight excluding hydrogens is 326 g/mol. The molecule has 0 unspecified atom stereocenters. The fourth-order valence-electron chi connectivity index (χ4n) is 2.32. The van der Waals surface area contributed by atoms with Gasteiger partial charge in [-0.2, -0.15) is 5.10 Å². The summed E-state index contributed by atoms with van der Waals surface area (Å²) in [6.45, 7) is 4.56. The molecule has 2 heterocycles. The van der Waals surface area contributed by atoms with Gasteiger partial charge in [-0.1, -0.05) is 6.07 Å². The van der Waals surface area contributed by atoms with E-state index in [0.717, 1.165) is 22.3 Å². The van der Waals surface area contributed by atoms with E-state index in [1.165, 1.54) is 0 Å². The molecule has 126 valence electrons. The molecule has 0 spiro atoms. The van der Waals surface area contributed by atoms with Crippen molar-refractivity contribution in [2.24, 2.45) is 0 Å². The van der Waals surface area contributed by atoms with Gasteiger partial charge in [-0.25, -0.2) is 13.1 Å². The van der Waals surface area contributed by atoms with E-state index in [1.807, 2.05) is 32.2 Å². The molecule has 0 amide bonds. The quantitative estimate of drug-likeness (QED) is 0.745. The van der Waals surface area contributed by atoms with Crippen molar-refractivity contribution < 1.29 is 12.8 Å². The monoisotopic (exact) mass is 345 g/mol. The standard InChI is InChI=1S/C17H19N3O3S/c1-13-3-4-17(9-14(13)2)24(21,22)19-6-7-20-11-16(10-18-20)15-5-8-23-12-15/h3-5,8-12,19H,6-7H2,1-2H3. The molecule has 1 N–H and O–H groups in total. The molecular formula is C17H19N3O3S.